The van der Waals surface area contributed by atoms with Gasteiger partial charge in [0.15, 0.2) is 0 Å². The number of nitrogens with zero attached hydrogens (tertiary/aromatic N) is 2. The van der Waals surface area contributed by atoms with Crippen molar-refractivity contribution in [2.24, 2.45) is 5.92 Å². The third-order valence-electron chi connectivity index (χ3n) is 3.40. The maximum absolute atomic E-state index is 11.4. The molecule has 0 aliphatic carbocycles. The van der Waals surface area contributed by atoms with Gasteiger partial charge in [0.25, 0.3) is 0 Å². The van der Waals surface area contributed by atoms with Gasteiger partial charge in [0.1, 0.15) is 5.82 Å². The fourth-order valence-electron chi connectivity index (χ4n) is 2.27. The van der Waals surface area contributed by atoms with E-state index in [1.807, 2.05) is 4.90 Å². The van der Waals surface area contributed by atoms with Crippen molar-refractivity contribution in [1.29, 1.82) is 0 Å². The molecule has 7 heteroatoms. The van der Waals surface area contributed by atoms with Crippen LogP contribution in [0.4, 0.5) is 5.82 Å². The lowest BCUT2D eigenvalue weighted by atomic mass is 9.97. The zero-order valence-electron chi connectivity index (χ0n) is 11.0. The summed E-state index contributed by atoms with van der Waals surface area (Å²) >= 11 is 6.07. The number of carboxylic acids is 1. The molecule has 1 aromatic heterocycles. The van der Waals surface area contributed by atoms with Gasteiger partial charge in [0.05, 0.1) is 23.6 Å². The largest absolute Gasteiger partial charge is 0.478 e. The van der Waals surface area contributed by atoms with Crippen LogP contribution in [0.25, 0.3) is 0 Å². The van der Waals surface area contributed by atoms with E-state index in [4.69, 9.17) is 21.4 Å². The molecule has 0 saturated carbocycles. The molecule has 0 aromatic carbocycles. The summed E-state index contributed by atoms with van der Waals surface area (Å²) in [6, 6.07) is 1.39. The van der Waals surface area contributed by atoms with Gasteiger partial charge in [0.2, 0.25) is 0 Å². The number of rotatable bonds is 3. The molecule has 2 heterocycles. The van der Waals surface area contributed by atoms with Gasteiger partial charge in [-0.15, -0.1) is 0 Å². The Kier molecular flexibility index (Phi) is 4.44. The fourth-order valence-corrected chi connectivity index (χ4v) is 2.56. The van der Waals surface area contributed by atoms with E-state index in [9.17, 15) is 9.59 Å². The monoisotopic (exact) mass is 298 g/mol. The first-order valence-corrected chi connectivity index (χ1v) is 6.62. The van der Waals surface area contributed by atoms with Gasteiger partial charge in [-0.2, -0.15) is 0 Å². The highest BCUT2D eigenvalue weighted by molar-refractivity contribution is 6.33. The van der Waals surface area contributed by atoms with Gasteiger partial charge in [-0.25, -0.2) is 9.78 Å². The molecule has 1 fully saturated rings. The Hall–Kier alpha value is -1.82. The summed E-state index contributed by atoms with van der Waals surface area (Å²) < 4.78 is 4.73. The summed E-state index contributed by atoms with van der Waals surface area (Å²) in [6.45, 7) is 1.28. The van der Waals surface area contributed by atoms with Crippen molar-refractivity contribution in [2.75, 3.05) is 25.1 Å². The quantitative estimate of drug-likeness (QED) is 0.858. The van der Waals surface area contributed by atoms with Gasteiger partial charge in [0, 0.05) is 19.3 Å². The van der Waals surface area contributed by atoms with Crippen molar-refractivity contribution in [3.8, 4) is 0 Å². The molecule has 20 heavy (non-hydrogen) atoms. The van der Waals surface area contributed by atoms with Crippen LogP contribution in [0, 0.1) is 5.92 Å². The van der Waals surface area contributed by atoms with Crippen LogP contribution in [0.5, 0.6) is 0 Å². The predicted molar refractivity (Wildman–Crippen MR) is 73.2 cm³/mol. The van der Waals surface area contributed by atoms with Crippen LogP contribution in [0.15, 0.2) is 12.3 Å². The van der Waals surface area contributed by atoms with E-state index in [1.165, 1.54) is 19.4 Å². The molecule has 1 saturated heterocycles. The van der Waals surface area contributed by atoms with Crippen molar-refractivity contribution in [3.63, 3.8) is 0 Å². The van der Waals surface area contributed by atoms with E-state index < -0.39 is 5.97 Å². The number of ether oxygens (including phenoxy) is 1. The zero-order chi connectivity index (χ0) is 14.7. The van der Waals surface area contributed by atoms with E-state index in [0.717, 1.165) is 0 Å². The second kappa shape index (κ2) is 6.09. The normalized spacial score (nSPS) is 16.0. The number of halogens is 1. The smallest absolute Gasteiger partial charge is 0.337 e. The average molecular weight is 299 g/mol. The molecule has 1 N–H and O–H groups in total. The zero-order valence-corrected chi connectivity index (χ0v) is 11.8. The molecule has 0 radical (unpaired) electrons. The van der Waals surface area contributed by atoms with Crippen LogP contribution in [0.1, 0.15) is 23.2 Å². The molecule has 1 aliphatic rings. The Bertz CT molecular complexity index is 527. The number of esters is 1. The number of carboxylic acid groups (broad SMARTS) is 1. The minimum Gasteiger partial charge on any atom is -0.478 e. The lowest BCUT2D eigenvalue weighted by molar-refractivity contribution is -0.146. The minimum atomic E-state index is -1.06. The van der Waals surface area contributed by atoms with E-state index in [1.54, 1.807) is 0 Å². The number of aromatic nitrogens is 1. The highest BCUT2D eigenvalue weighted by Crippen LogP contribution is 2.28. The summed E-state index contributed by atoms with van der Waals surface area (Å²) in [6.07, 6.45) is 2.63. The maximum atomic E-state index is 11.4. The number of carbonyl (C=O) groups is 2. The standard InChI is InChI=1S/C13H15ClN2O4/c1-20-13(19)8-2-4-16(5-3-8)11-10(14)6-9(7-15-11)12(17)18/h6-8H,2-5H2,1H3,(H,17,18). The first-order chi connectivity index (χ1) is 9.52. The van der Waals surface area contributed by atoms with Gasteiger partial charge >= 0.3 is 11.9 Å². The molecule has 2 rings (SSSR count). The Morgan fingerprint density at radius 2 is 2.10 bits per heavy atom. The topological polar surface area (TPSA) is 79.7 Å². The first kappa shape index (κ1) is 14.6. The summed E-state index contributed by atoms with van der Waals surface area (Å²) in [5.74, 6) is -0.784. The molecule has 0 amide bonds. The SMILES string of the molecule is COC(=O)C1CCN(c2ncc(C(=O)O)cc2Cl)CC1. The lowest BCUT2D eigenvalue weighted by Crippen LogP contribution is -2.37. The van der Waals surface area contributed by atoms with Crippen molar-refractivity contribution in [3.05, 3.63) is 22.8 Å². The van der Waals surface area contributed by atoms with E-state index in [2.05, 4.69) is 4.98 Å². The molecule has 1 aliphatic heterocycles. The van der Waals surface area contributed by atoms with Gasteiger partial charge in [-0.05, 0) is 18.9 Å². The number of methoxy groups -OCH3 is 1. The van der Waals surface area contributed by atoms with Crippen LogP contribution in [0.3, 0.4) is 0 Å². The number of anilines is 1. The van der Waals surface area contributed by atoms with E-state index >= 15 is 0 Å². The predicted octanol–water partition coefficient (Wildman–Crippen LogP) is 1.82. The van der Waals surface area contributed by atoms with Crippen molar-refractivity contribution in [2.45, 2.75) is 12.8 Å². The Morgan fingerprint density at radius 3 is 2.60 bits per heavy atom. The van der Waals surface area contributed by atoms with E-state index in [-0.39, 0.29) is 17.5 Å². The van der Waals surface area contributed by atoms with Crippen LogP contribution < -0.4 is 4.90 Å². The number of piperidine rings is 1. The van der Waals surface area contributed by atoms with Crippen molar-refractivity contribution in [1.82, 2.24) is 4.98 Å². The summed E-state index contributed by atoms with van der Waals surface area (Å²) in [7, 11) is 1.39. The highest BCUT2D eigenvalue weighted by Gasteiger charge is 2.27. The third kappa shape index (κ3) is 3.01. The Labute approximate surface area is 121 Å². The van der Waals surface area contributed by atoms with Crippen LogP contribution in [0.2, 0.25) is 5.02 Å². The molecule has 1 aromatic rings. The molecular formula is C13H15ClN2O4. The minimum absolute atomic E-state index is 0.0585. The maximum Gasteiger partial charge on any atom is 0.337 e. The molecule has 108 valence electrons. The van der Waals surface area contributed by atoms with Gasteiger partial charge in [-0.3, -0.25) is 4.79 Å². The first-order valence-electron chi connectivity index (χ1n) is 6.24. The van der Waals surface area contributed by atoms with Gasteiger partial charge in [-0.1, -0.05) is 11.6 Å². The molecule has 0 spiro atoms. The number of carbonyl (C=O) groups excluding carboxylic acids is 1. The number of aromatic carboxylic acids is 1. The van der Waals surface area contributed by atoms with Crippen molar-refractivity contribution >= 4 is 29.4 Å². The fraction of sp³-hybridized carbons (Fsp3) is 0.462. The Morgan fingerprint density at radius 1 is 1.45 bits per heavy atom. The number of hydrogen-bond donors (Lipinski definition) is 1. The molecular weight excluding hydrogens is 284 g/mol. The second-order valence-electron chi connectivity index (χ2n) is 4.62. The molecule has 0 atom stereocenters. The van der Waals surface area contributed by atoms with Gasteiger partial charge < -0.3 is 14.7 Å². The second-order valence-corrected chi connectivity index (χ2v) is 5.03. The summed E-state index contributed by atoms with van der Waals surface area (Å²) in [5, 5.41) is 9.18. The average Bonchev–Trinajstić information content (AvgIpc) is 2.46. The number of hydrogen-bond acceptors (Lipinski definition) is 5. The molecule has 0 bridgehead atoms. The van der Waals surface area contributed by atoms with Crippen LogP contribution in [-0.2, 0) is 9.53 Å². The third-order valence-corrected chi connectivity index (χ3v) is 3.68. The highest BCUT2D eigenvalue weighted by atomic mass is 35.5. The van der Waals surface area contributed by atoms with Crippen molar-refractivity contribution < 1.29 is 19.4 Å². The molecule has 6 nitrogen and oxygen atoms in total. The lowest BCUT2D eigenvalue weighted by Gasteiger charge is -2.32. The van der Waals surface area contributed by atoms with E-state index in [0.29, 0.717) is 36.8 Å². The summed E-state index contributed by atoms with van der Waals surface area (Å²) in [5.41, 5.74) is 0.0585. The Balaban J connectivity index is 2.07. The summed E-state index contributed by atoms with van der Waals surface area (Å²) in [4.78, 5) is 28.3. The van der Waals surface area contributed by atoms with Crippen LogP contribution >= 0.6 is 11.6 Å². The van der Waals surface area contributed by atoms with Crippen LogP contribution in [-0.4, -0.2) is 42.2 Å². The molecule has 0 unspecified atom stereocenters. The number of pyridine rings is 1.